The largest absolute Gasteiger partial charge is 0.253 e. The average Bonchev–Trinajstić information content (AvgIpc) is 2.96. The maximum atomic E-state index is 3.32. The van der Waals surface area contributed by atoms with E-state index in [0.717, 1.165) is 5.92 Å². The van der Waals surface area contributed by atoms with Crippen molar-refractivity contribution in [2.24, 2.45) is 13.0 Å². The zero-order valence-corrected chi connectivity index (χ0v) is 16.8. The van der Waals surface area contributed by atoms with Crippen LogP contribution in [0, 0.1) is 5.92 Å². The van der Waals surface area contributed by atoms with E-state index in [1.807, 2.05) is 6.20 Å². The van der Waals surface area contributed by atoms with E-state index < -0.39 is 0 Å². The topological polar surface area (TPSA) is 19.7 Å². The van der Waals surface area contributed by atoms with Crippen LogP contribution >= 0.6 is 0 Å². The summed E-state index contributed by atoms with van der Waals surface area (Å²) in [5, 5.41) is 0. The number of H-pyrrole nitrogens is 1. The van der Waals surface area contributed by atoms with Gasteiger partial charge < -0.3 is 0 Å². The summed E-state index contributed by atoms with van der Waals surface area (Å²) in [6.45, 7) is 4.67. The summed E-state index contributed by atoms with van der Waals surface area (Å²) in [6.07, 6.45) is 25.4. The number of unbranched alkanes of at least 4 members (excludes halogenated alkanes) is 12. The van der Waals surface area contributed by atoms with E-state index in [0.29, 0.717) is 0 Å². The highest BCUT2D eigenvalue weighted by Gasteiger charge is 2.04. The Labute approximate surface area is 151 Å². The van der Waals surface area contributed by atoms with Crippen LogP contribution in [0.15, 0.2) is 12.4 Å². The zero-order valence-electron chi connectivity index (χ0n) is 16.8. The number of nitrogens with one attached hydrogen (secondary N) is 1. The summed E-state index contributed by atoms with van der Waals surface area (Å²) in [5.41, 5.74) is 0. The van der Waals surface area contributed by atoms with Crippen molar-refractivity contribution in [1.82, 2.24) is 4.98 Å². The second kappa shape index (κ2) is 14.5. The van der Waals surface area contributed by atoms with E-state index in [4.69, 9.17) is 0 Å². The smallest absolute Gasteiger partial charge is 0.248 e. The van der Waals surface area contributed by atoms with Gasteiger partial charge in [-0.25, -0.2) is 9.55 Å². The molecule has 0 unspecified atom stereocenters. The molecule has 0 fully saturated rings. The predicted octanol–water partition coefficient (Wildman–Crippen LogP) is 6.50. The van der Waals surface area contributed by atoms with E-state index in [1.54, 1.807) is 0 Å². The summed E-state index contributed by atoms with van der Waals surface area (Å²) in [7, 11) is 2.12. The van der Waals surface area contributed by atoms with Crippen LogP contribution in [0.1, 0.15) is 110 Å². The Morgan fingerprint density at radius 2 is 1.21 bits per heavy atom. The van der Waals surface area contributed by atoms with E-state index in [-0.39, 0.29) is 0 Å². The number of hydrogen-bond donors (Lipinski definition) is 1. The van der Waals surface area contributed by atoms with Crippen molar-refractivity contribution in [1.29, 1.82) is 0 Å². The number of nitrogens with zero attached hydrogens (tertiary/aromatic N) is 1. The van der Waals surface area contributed by atoms with E-state index in [9.17, 15) is 0 Å². The number of aromatic nitrogens is 2. The van der Waals surface area contributed by atoms with Gasteiger partial charge >= 0.3 is 0 Å². The van der Waals surface area contributed by atoms with Crippen molar-refractivity contribution in [3.8, 4) is 0 Å². The first-order chi connectivity index (χ1) is 11.7. The van der Waals surface area contributed by atoms with Crippen LogP contribution in [-0.4, -0.2) is 4.98 Å². The molecule has 0 aliphatic carbocycles. The molecule has 0 atom stereocenters. The molecule has 0 aromatic carbocycles. The highest BCUT2D eigenvalue weighted by Crippen LogP contribution is 2.14. The Hall–Kier alpha value is -0.790. The van der Waals surface area contributed by atoms with Crippen molar-refractivity contribution in [2.45, 2.75) is 110 Å². The number of aromatic amines is 1. The maximum Gasteiger partial charge on any atom is 0.253 e. The number of imidazole rings is 1. The molecule has 0 radical (unpaired) electrons. The van der Waals surface area contributed by atoms with Gasteiger partial charge in [0.15, 0.2) is 0 Å². The number of hydrogen-bond acceptors (Lipinski definition) is 0. The standard InChI is InChI=1S/C22H42N2/c1-21(2)17-15-13-11-9-7-5-4-6-8-10-12-14-16-18-22-23-19-20-24(22)3/h19-21H,4-18H2,1-3H3/p+1. The molecule has 0 aliphatic rings. The van der Waals surface area contributed by atoms with Crippen LogP contribution in [0.3, 0.4) is 0 Å². The lowest BCUT2D eigenvalue weighted by Gasteiger charge is -2.04. The summed E-state index contributed by atoms with van der Waals surface area (Å²) in [4.78, 5) is 3.32. The Kier molecular flexibility index (Phi) is 12.9. The Balaban J connectivity index is 1.73. The van der Waals surface area contributed by atoms with Crippen molar-refractivity contribution < 1.29 is 4.57 Å². The van der Waals surface area contributed by atoms with Gasteiger partial charge in [-0.05, 0) is 12.3 Å². The Morgan fingerprint density at radius 3 is 1.62 bits per heavy atom. The van der Waals surface area contributed by atoms with E-state index in [2.05, 4.69) is 36.6 Å². The molecular weight excluding hydrogens is 292 g/mol. The first kappa shape index (κ1) is 21.3. The average molecular weight is 336 g/mol. The lowest BCUT2D eigenvalue weighted by molar-refractivity contribution is -0.677. The monoisotopic (exact) mass is 335 g/mol. The molecule has 0 bridgehead atoms. The molecule has 1 rings (SSSR count). The van der Waals surface area contributed by atoms with E-state index in [1.165, 1.54) is 102 Å². The minimum absolute atomic E-state index is 0.890. The second-order valence-electron chi connectivity index (χ2n) is 8.05. The van der Waals surface area contributed by atoms with Crippen LogP contribution in [0.25, 0.3) is 0 Å². The second-order valence-corrected chi connectivity index (χ2v) is 8.05. The van der Waals surface area contributed by atoms with Gasteiger partial charge in [0, 0.05) is 6.42 Å². The van der Waals surface area contributed by atoms with Crippen molar-refractivity contribution in [3.63, 3.8) is 0 Å². The third-order valence-corrected chi connectivity index (χ3v) is 5.17. The van der Waals surface area contributed by atoms with Crippen LogP contribution in [-0.2, 0) is 13.5 Å². The fourth-order valence-corrected chi connectivity index (χ4v) is 3.48. The molecule has 1 aromatic rings. The third-order valence-electron chi connectivity index (χ3n) is 5.17. The van der Waals surface area contributed by atoms with Gasteiger partial charge in [0.1, 0.15) is 12.4 Å². The number of rotatable bonds is 16. The van der Waals surface area contributed by atoms with Crippen molar-refractivity contribution >= 4 is 0 Å². The van der Waals surface area contributed by atoms with Gasteiger partial charge in [-0.3, -0.25) is 0 Å². The fourth-order valence-electron chi connectivity index (χ4n) is 3.48. The van der Waals surface area contributed by atoms with Gasteiger partial charge in [0.05, 0.1) is 7.05 Å². The van der Waals surface area contributed by atoms with Crippen LogP contribution in [0.2, 0.25) is 0 Å². The van der Waals surface area contributed by atoms with Gasteiger partial charge in [-0.15, -0.1) is 0 Å². The lowest BCUT2D eigenvalue weighted by Crippen LogP contribution is -2.30. The molecule has 0 aliphatic heterocycles. The molecule has 0 saturated carbocycles. The van der Waals surface area contributed by atoms with Crippen molar-refractivity contribution in [2.75, 3.05) is 0 Å². The molecule has 1 N–H and O–H groups in total. The first-order valence-corrected chi connectivity index (χ1v) is 10.7. The van der Waals surface area contributed by atoms with Gasteiger partial charge in [-0.2, -0.15) is 0 Å². The highest BCUT2D eigenvalue weighted by molar-refractivity contribution is 4.76. The Morgan fingerprint density at radius 1 is 0.750 bits per heavy atom. The molecule has 1 aromatic heterocycles. The minimum atomic E-state index is 0.890. The summed E-state index contributed by atoms with van der Waals surface area (Å²) < 4.78 is 2.20. The molecular formula is C22H43N2+. The molecule has 24 heavy (non-hydrogen) atoms. The van der Waals surface area contributed by atoms with Crippen LogP contribution in [0.5, 0.6) is 0 Å². The zero-order chi connectivity index (χ0) is 17.5. The van der Waals surface area contributed by atoms with Crippen molar-refractivity contribution in [3.05, 3.63) is 18.2 Å². The van der Waals surface area contributed by atoms with E-state index >= 15 is 0 Å². The normalized spacial score (nSPS) is 11.5. The van der Waals surface area contributed by atoms with Gasteiger partial charge in [-0.1, -0.05) is 97.3 Å². The quantitative estimate of drug-likeness (QED) is 0.263. The molecule has 0 spiro atoms. The fraction of sp³-hybridized carbons (Fsp3) is 0.864. The summed E-state index contributed by atoms with van der Waals surface area (Å²) in [6, 6.07) is 0. The molecule has 140 valence electrons. The maximum absolute atomic E-state index is 3.32. The van der Waals surface area contributed by atoms with Gasteiger partial charge in [0.2, 0.25) is 0 Å². The number of aryl methyl sites for hydroxylation is 2. The van der Waals surface area contributed by atoms with Gasteiger partial charge in [0.25, 0.3) is 5.82 Å². The first-order valence-electron chi connectivity index (χ1n) is 10.7. The third kappa shape index (κ3) is 11.7. The van der Waals surface area contributed by atoms with Crippen LogP contribution < -0.4 is 4.57 Å². The van der Waals surface area contributed by atoms with Crippen LogP contribution in [0.4, 0.5) is 0 Å². The summed E-state index contributed by atoms with van der Waals surface area (Å²) in [5.74, 6) is 2.25. The SMILES string of the molecule is CC(C)CCCCCCCCCCCCCCCc1[nH]cc[n+]1C. The molecule has 1 heterocycles. The summed E-state index contributed by atoms with van der Waals surface area (Å²) >= 11 is 0. The highest BCUT2D eigenvalue weighted by atomic mass is 15.0. The molecule has 2 nitrogen and oxygen atoms in total. The Bertz CT molecular complexity index is 381. The lowest BCUT2D eigenvalue weighted by atomic mass is 10.0. The predicted molar refractivity (Wildman–Crippen MR) is 105 cm³/mol. The minimum Gasteiger partial charge on any atom is -0.248 e. The molecule has 0 amide bonds. The molecule has 0 saturated heterocycles. The molecule has 2 heteroatoms.